The van der Waals surface area contributed by atoms with Crippen LogP contribution in [0.4, 0.5) is 4.39 Å². The second-order valence-electron chi connectivity index (χ2n) is 8.85. The van der Waals surface area contributed by atoms with Gasteiger partial charge in [0.15, 0.2) is 0 Å². The first kappa shape index (κ1) is 26.0. The minimum Gasteiger partial charge on any atom is -0.493 e. The molecule has 0 bridgehead atoms. The van der Waals surface area contributed by atoms with Gasteiger partial charge >= 0.3 is 5.97 Å². The van der Waals surface area contributed by atoms with Crippen LogP contribution in [-0.4, -0.2) is 24.8 Å². The van der Waals surface area contributed by atoms with Crippen molar-refractivity contribution in [2.24, 2.45) is 0 Å². The Morgan fingerprint density at radius 1 is 1.06 bits per heavy atom. The molecule has 3 rings (SSSR count). The lowest BCUT2D eigenvalue weighted by atomic mass is 9.88. The van der Waals surface area contributed by atoms with Crippen LogP contribution < -0.4 is 9.47 Å². The lowest BCUT2D eigenvalue weighted by Gasteiger charge is -2.32. The highest BCUT2D eigenvalue weighted by atomic mass is 19.1. The van der Waals surface area contributed by atoms with E-state index >= 15 is 4.39 Å². The smallest absolute Gasteiger partial charge is 0.330 e. The summed E-state index contributed by atoms with van der Waals surface area (Å²) in [6.45, 7) is 11.8. The number of allylic oxidation sites excluding steroid dienone is 5. The summed E-state index contributed by atoms with van der Waals surface area (Å²) in [5.74, 6) is 0.369. The summed E-state index contributed by atoms with van der Waals surface area (Å²) in [7, 11) is 0. The van der Waals surface area contributed by atoms with Crippen molar-refractivity contribution in [2.45, 2.75) is 47.1 Å². The maximum atomic E-state index is 15.3. The van der Waals surface area contributed by atoms with Crippen molar-refractivity contribution >= 4 is 17.1 Å². The molecule has 5 heteroatoms. The highest BCUT2D eigenvalue weighted by Gasteiger charge is 2.29. The van der Waals surface area contributed by atoms with Crippen molar-refractivity contribution in [3.63, 3.8) is 0 Å². The first-order valence-electron chi connectivity index (χ1n) is 11.8. The summed E-state index contributed by atoms with van der Waals surface area (Å²) in [6, 6.07) is 13.9. The van der Waals surface area contributed by atoms with Gasteiger partial charge in [-0.2, -0.15) is 0 Å². The molecule has 0 fully saturated rings. The van der Waals surface area contributed by atoms with E-state index in [0.29, 0.717) is 41.4 Å². The average molecular weight is 477 g/mol. The number of benzene rings is 2. The van der Waals surface area contributed by atoms with Crippen LogP contribution in [0.15, 0.2) is 78.2 Å². The molecule has 0 N–H and O–H groups in total. The third-order valence-electron chi connectivity index (χ3n) is 5.51. The molecule has 0 saturated carbocycles. The number of hydrogen-bond acceptors (Lipinski definition) is 4. The van der Waals surface area contributed by atoms with E-state index in [0.717, 1.165) is 16.7 Å². The Morgan fingerprint density at radius 2 is 1.77 bits per heavy atom. The summed E-state index contributed by atoms with van der Waals surface area (Å²) >= 11 is 0. The van der Waals surface area contributed by atoms with Gasteiger partial charge in [0.05, 0.1) is 13.2 Å². The molecule has 0 aliphatic carbocycles. The Morgan fingerprint density at radius 3 is 2.43 bits per heavy atom. The van der Waals surface area contributed by atoms with Gasteiger partial charge in [-0.15, -0.1) is 0 Å². The summed E-state index contributed by atoms with van der Waals surface area (Å²) in [6.07, 6.45) is 6.33. The minimum absolute atomic E-state index is 0.290. The molecule has 0 saturated heterocycles. The normalized spacial score (nSPS) is 15.6. The third-order valence-corrected chi connectivity index (χ3v) is 5.51. The van der Waals surface area contributed by atoms with E-state index in [1.54, 1.807) is 26.8 Å². The van der Waals surface area contributed by atoms with Gasteiger partial charge in [0.2, 0.25) is 0 Å². The molecule has 1 aliphatic rings. The molecule has 0 unspecified atom stereocenters. The summed E-state index contributed by atoms with van der Waals surface area (Å²) in [4.78, 5) is 11.6. The maximum absolute atomic E-state index is 15.3. The zero-order valence-electron chi connectivity index (χ0n) is 21.3. The van der Waals surface area contributed by atoms with Gasteiger partial charge in [-0.1, -0.05) is 36.4 Å². The zero-order chi connectivity index (χ0) is 25.6. The molecule has 0 atom stereocenters. The Labute approximate surface area is 207 Å². The van der Waals surface area contributed by atoms with Gasteiger partial charge in [-0.25, -0.2) is 9.18 Å². The van der Waals surface area contributed by atoms with Gasteiger partial charge < -0.3 is 14.2 Å². The van der Waals surface area contributed by atoms with Crippen LogP contribution in [0, 0.1) is 0 Å². The van der Waals surface area contributed by atoms with E-state index < -0.39 is 17.4 Å². The monoisotopic (exact) mass is 476 g/mol. The topological polar surface area (TPSA) is 44.8 Å². The summed E-state index contributed by atoms with van der Waals surface area (Å²) < 4.78 is 32.3. The van der Waals surface area contributed by atoms with Crippen LogP contribution in [0.3, 0.4) is 0 Å². The lowest BCUT2D eigenvalue weighted by molar-refractivity contribution is -0.137. The largest absolute Gasteiger partial charge is 0.493 e. The second kappa shape index (κ2) is 11.2. The number of halogens is 1. The molecule has 0 spiro atoms. The molecule has 2 aromatic carbocycles. The molecule has 2 aromatic rings. The highest BCUT2D eigenvalue weighted by Crippen LogP contribution is 2.44. The second-order valence-corrected chi connectivity index (χ2v) is 8.85. The number of carbonyl (C=O) groups is 1. The lowest BCUT2D eigenvalue weighted by Crippen LogP contribution is -2.29. The van der Waals surface area contributed by atoms with Crippen LogP contribution in [0.2, 0.25) is 0 Å². The van der Waals surface area contributed by atoms with E-state index in [9.17, 15) is 4.79 Å². The molecular formula is C30H33FO4. The molecule has 4 nitrogen and oxygen atoms in total. The van der Waals surface area contributed by atoms with Crippen LogP contribution in [0.1, 0.15) is 58.2 Å². The first-order chi connectivity index (χ1) is 16.6. The maximum Gasteiger partial charge on any atom is 0.330 e. The fraction of sp³-hybridized carbons (Fsp3) is 0.300. The Balaban J connectivity index is 2.09. The summed E-state index contributed by atoms with van der Waals surface area (Å²) in [5.41, 5.74) is 4.11. The van der Waals surface area contributed by atoms with Crippen molar-refractivity contribution in [2.75, 3.05) is 13.2 Å². The van der Waals surface area contributed by atoms with Crippen molar-refractivity contribution in [1.29, 1.82) is 0 Å². The van der Waals surface area contributed by atoms with Gasteiger partial charge in [0.1, 0.15) is 22.9 Å². The predicted molar refractivity (Wildman–Crippen MR) is 139 cm³/mol. The molecule has 0 radical (unpaired) electrons. The quantitative estimate of drug-likeness (QED) is 0.225. The van der Waals surface area contributed by atoms with E-state index in [2.05, 4.69) is 18.2 Å². The Bertz CT molecular complexity index is 1200. The molecule has 0 amide bonds. The van der Waals surface area contributed by atoms with Gasteiger partial charge in [0.25, 0.3) is 0 Å². The third kappa shape index (κ3) is 6.50. The molecule has 35 heavy (non-hydrogen) atoms. The van der Waals surface area contributed by atoms with Crippen LogP contribution in [0.25, 0.3) is 11.1 Å². The number of hydrogen-bond donors (Lipinski definition) is 0. The average Bonchev–Trinajstić information content (AvgIpc) is 2.81. The van der Waals surface area contributed by atoms with Gasteiger partial charge in [-0.05, 0) is 82.0 Å². The molecule has 184 valence electrons. The van der Waals surface area contributed by atoms with Crippen molar-refractivity contribution in [1.82, 2.24) is 0 Å². The first-order valence-corrected chi connectivity index (χ1v) is 11.8. The summed E-state index contributed by atoms with van der Waals surface area (Å²) in [5, 5.41) is 0. The van der Waals surface area contributed by atoms with Crippen molar-refractivity contribution < 1.29 is 23.4 Å². The van der Waals surface area contributed by atoms with Gasteiger partial charge in [0, 0.05) is 23.3 Å². The van der Waals surface area contributed by atoms with Crippen molar-refractivity contribution in [3.8, 4) is 11.5 Å². The Hall–Kier alpha value is -3.60. The number of ether oxygens (including phenoxy) is 3. The number of rotatable bonds is 8. The fourth-order valence-corrected chi connectivity index (χ4v) is 3.90. The Kier molecular flexibility index (Phi) is 8.34. The van der Waals surface area contributed by atoms with Crippen LogP contribution in [-0.2, 0) is 9.53 Å². The molecule has 1 heterocycles. The molecular weight excluding hydrogens is 443 g/mol. The highest BCUT2D eigenvalue weighted by molar-refractivity contribution is 5.88. The van der Waals surface area contributed by atoms with E-state index in [4.69, 9.17) is 14.2 Å². The zero-order valence-corrected chi connectivity index (χ0v) is 21.3. The standard InChI is InChI=1S/C30H33FO4/c1-7-33-27-18-28-24(25(19-30(5,6)35-28)22-12-10-9-11-13-22)17-23(27)21(4)26(31)15-14-20(3)16-29(32)34-8-2/h9-19H,7-8H2,1-6H3. The number of carbonyl (C=O) groups excluding carboxylic acids is 1. The van der Waals surface area contributed by atoms with E-state index in [1.165, 1.54) is 12.2 Å². The van der Waals surface area contributed by atoms with E-state index in [-0.39, 0.29) is 0 Å². The number of esters is 1. The van der Waals surface area contributed by atoms with Gasteiger partial charge in [-0.3, -0.25) is 0 Å². The van der Waals surface area contributed by atoms with E-state index in [1.807, 2.05) is 51.1 Å². The minimum atomic E-state index is -0.509. The number of fused-ring (bicyclic) bond motifs is 1. The SMILES string of the molecule is CCOC(=O)C=C(C)C=CC(F)=C(C)c1cc2c(cc1OCC)OC(C)(C)C=C2c1ccccc1. The van der Waals surface area contributed by atoms with Crippen LogP contribution >= 0.6 is 0 Å². The molecule has 1 aliphatic heterocycles. The van der Waals surface area contributed by atoms with Crippen molar-refractivity contribution in [3.05, 3.63) is 94.9 Å². The fourth-order valence-electron chi connectivity index (χ4n) is 3.90. The van der Waals surface area contributed by atoms with Crippen LogP contribution in [0.5, 0.6) is 11.5 Å². The molecule has 0 aromatic heterocycles. The predicted octanol–water partition coefficient (Wildman–Crippen LogP) is 7.45.